The van der Waals surface area contributed by atoms with Gasteiger partial charge in [0.1, 0.15) is 0 Å². The molecule has 0 heterocycles. The van der Waals surface area contributed by atoms with Crippen molar-refractivity contribution < 1.29 is 23.2 Å². The summed E-state index contributed by atoms with van der Waals surface area (Å²) in [6.07, 6.45) is 8.01. The number of hydrogen-bond acceptors (Lipinski definition) is 0. The van der Waals surface area contributed by atoms with Gasteiger partial charge in [-0.25, -0.2) is 0 Å². The minimum atomic E-state index is -0.285. The van der Waals surface area contributed by atoms with Gasteiger partial charge >= 0.3 is 91.2 Å². The van der Waals surface area contributed by atoms with Crippen molar-refractivity contribution in [3.8, 4) is 0 Å². The number of benzene rings is 1. The monoisotopic (exact) mass is 282 g/mol. The summed E-state index contributed by atoms with van der Waals surface area (Å²) in [6.45, 7) is 0. The van der Waals surface area contributed by atoms with E-state index in [1.165, 1.54) is 16.1 Å². The molecule has 0 amide bonds. The van der Waals surface area contributed by atoms with Crippen molar-refractivity contribution in [3.63, 3.8) is 0 Å². The molecule has 0 radical (unpaired) electrons. The molecule has 0 nitrogen and oxygen atoms in total. The summed E-state index contributed by atoms with van der Waals surface area (Å²) in [5.74, 6) is 0. The quantitative estimate of drug-likeness (QED) is 0.796. The van der Waals surface area contributed by atoms with Crippen LogP contribution in [0, 0.1) is 0 Å². The Labute approximate surface area is 103 Å². The zero-order chi connectivity index (χ0) is 8.93. The molecule has 2 rings (SSSR count). The van der Waals surface area contributed by atoms with Crippen molar-refractivity contribution in [3.05, 3.63) is 57.4 Å². The Kier molecular flexibility index (Phi) is 5.44. The minimum absolute atomic E-state index is 0. The van der Waals surface area contributed by atoms with Crippen molar-refractivity contribution in [2.24, 2.45) is 0 Å². The third kappa shape index (κ3) is 3.55. The molecular formula is C12H13ClZr. The maximum absolute atomic E-state index is 2.31. The van der Waals surface area contributed by atoms with Gasteiger partial charge < -0.3 is 0 Å². The van der Waals surface area contributed by atoms with Gasteiger partial charge in [-0.3, -0.25) is 0 Å². The van der Waals surface area contributed by atoms with E-state index < -0.39 is 0 Å². The molecule has 0 spiro atoms. The van der Waals surface area contributed by atoms with Gasteiger partial charge in [0, 0.05) is 0 Å². The Morgan fingerprint density at radius 2 is 1.93 bits per heavy atom. The molecule has 0 atom stereocenters. The molecule has 0 saturated heterocycles. The van der Waals surface area contributed by atoms with Gasteiger partial charge in [-0.1, -0.05) is 0 Å². The summed E-state index contributed by atoms with van der Waals surface area (Å²) in [7, 11) is 0. The van der Waals surface area contributed by atoms with Crippen LogP contribution in [0.25, 0.3) is 0 Å². The Bertz CT molecular complexity index is 327. The average Bonchev–Trinajstić information content (AvgIpc) is 2.69. The van der Waals surface area contributed by atoms with Gasteiger partial charge in [0.2, 0.25) is 0 Å². The molecule has 0 saturated carbocycles. The van der Waals surface area contributed by atoms with Crippen LogP contribution in [0.1, 0.15) is 12.0 Å². The minimum Gasteiger partial charge on any atom is -0.147 e. The van der Waals surface area contributed by atoms with E-state index in [2.05, 4.69) is 48.6 Å². The van der Waals surface area contributed by atoms with Gasteiger partial charge in [0.15, 0.2) is 0 Å². The van der Waals surface area contributed by atoms with E-state index in [0.29, 0.717) is 0 Å². The zero-order valence-electron chi connectivity index (χ0n) is 7.94. The molecule has 0 aromatic heterocycles. The fraction of sp³-hybridized carbons (Fsp3) is 0.167. The predicted octanol–water partition coefficient (Wildman–Crippen LogP) is 3.53. The van der Waals surface area contributed by atoms with E-state index >= 15 is 0 Å². The Hall–Kier alpha value is -0.127. The van der Waals surface area contributed by atoms with Crippen molar-refractivity contribution in [2.75, 3.05) is 0 Å². The van der Waals surface area contributed by atoms with Crippen LogP contribution in [-0.4, -0.2) is 0 Å². The SMILES string of the molecule is C1=CC[C]([Zr][CH2]c2ccccc2)=C1.Cl. The van der Waals surface area contributed by atoms with Gasteiger partial charge in [0.25, 0.3) is 0 Å². The molecule has 72 valence electrons. The van der Waals surface area contributed by atoms with Crippen LogP contribution >= 0.6 is 12.4 Å². The molecular weight excluding hydrogens is 271 g/mol. The van der Waals surface area contributed by atoms with Crippen molar-refractivity contribution in [1.29, 1.82) is 0 Å². The Morgan fingerprint density at radius 3 is 2.57 bits per heavy atom. The third-order valence-corrected chi connectivity index (χ3v) is 5.60. The van der Waals surface area contributed by atoms with Gasteiger partial charge in [-0.15, -0.1) is 12.4 Å². The maximum atomic E-state index is 2.31. The van der Waals surface area contributed by atoms with Crippen LogP contribution in [0.2, 0.25) is 0 Å². The summed E-state index contributed by atoms with van der Waals surface area (Å²) in [5, 5.41) is 0. The Balaban J connectivity index is 0.000000980. The smallest absolute Gasteiger partial charge is 0.147 e. The van der Waals surface area contributed by atoms with Crippen molar-refractivity contribution in [2.45, 2.75) is 10.5 Å². The van der Waals surface area contributed by atoms with E-state index in [1.807, 2.05) is 0 Å². The molecule has 0 bridgehead atoms. The molecule has 1 aromatic rings. The van der Waals surface area contributed by atoms with Crippen LogP contribution in [0.4, 0.5) is 0 Å². The van der Waals surface area contributed by atoms with Crippen LogP contribution in [-0.2, 0) is 27.4 Å². The summed E-state index contributed by atoms with van der Waals surface area (Å²) in [6, 6.07) is 10.8. The maximum Gasteiger partial charge on any atom is -0.147 e. The van der Waals surface area contributed by atoms with Crippen LogP contribution in [0.3, 0.4) is 0 Å². The second-order valence-electron chi connectivity index (χ2n) is 3.16. The zero-order valence-corrected chi connectivity index (χ0v) is 11.2. The van der Waals surface area contributed by atoms with Crippen LogP contribution < -0.4 is 0 Å². The first-order valence-electron chi connectivity index (χ1n) is 4.58. The molecule has 1 aliphatic carbocycles. The first-order chi connectivity index (χ1) is 6.45. The molecule has 0 aliphatic heterocycles. The van der Waals surface area contributed by atoms with Crippen LogP contribution in [0.5, 0.6) is 0 Å². The average molecular weight is 284 g/mol. The molecule has 14 heavy (non-hydrogen) atoms. The standard InChI is InChI=1S/C7H7.C5H5.ClH.Zr/c1-7-5-3-2-4-6-7;1-2-4-5-3-1;;/h2-6H,1H2;1-3H,4H2;1H;. The second-order valence-corrected chi connectivity index (χ2v) is 6.48. The fourth-order valence-electron chi connectivity index (χ4n) is 1.39. The summed E-state index contributed by atoms with van der Waals surface area (Å²) in [4.78, 5) is 0. The van der Waals surface area contributed by atoms with E-state index in [0.717, 1.165) is 0 Å². The summed E-state index contributed by atoms with van der Waals surface area (Å²) < 4.78 is 3.07. The number of halogens is 1. The second kappa shape index (κ2) is 6.37. The van der Waals surface area contributed by atoms with Gasteiger partial charge in [-0.2, -0.15) is 0 Å². The van der Waals surface area contributed by atoms with E-state index in [1.54, 1.807) is 3.28 Å². The first kappa shape index (κ1) is 11.9. The van der Waals surface area contributed by atoms with Crippen molar-refractivity contribution in [1.82, 2.24) is 0 Å². The number of rotatable bonds is 3. The van der Waals surface area contributed by atoms with Gasteiger partial charge in [-0.05, 0) is 0 Å². The fourth-order valence-corrected chi connectivity index (χ4v) is 4.20. The van der Waals surface area contributed by atoms with Crippen LogP contribution in [0.15, 0.2) is 51.8 Å². The molecule has 1 aromatic carbocycles. The summed E-state index contributed by atoms with van der Waals surface area (Å²) >= 11 is -0.285. The number of allylic oxidation sites excluding steroid dienone is 4. The summed E-state index contributed by atoms with van der Waals surface area (Å²) in [5.41, 5.74) is 1.52. The molecule has 2 heteroatoms. The largest absolute Gasteiger partial charge is 0.147 e. The molecule has 0 unspecified atom stereocenters. The van der Waals surface area contributed by atoms with Crippen molar-refractivity contribution >= 4 is 12.4 Å². The van der Waals surface area contributed by atoms with E-state index in [4.69, 9.17) is 0 Å². The molecule has 0 N–H and O–H groups in total. The molecule has 1 aliphatic rings. The normalized spacial score (nSPS) is 13.3. The van der Waals surface area contributed by atoms with E-state index in [9.17, 15) is 0 Å². The third-order valence-electron chi connectivity index (χ3n) is 2.13. The van der Waals surface area contributed by atoms with E-state index in [-0.39, 0.29) is 35.6 Å². The molecule has 0 fully saturated rings. The first-order valence-corrected chi connectivity index (χ1v) is 7.55. The predicted molar refractivity (Wildman–Crippen MR) is 59.2 cm³/mol. The Morgan fingerprint density at radius 1 is 1.14 bits per heavy atom. The number of hydrogen-bond donors (Lipinski definition) is 0. The van der Waals surface area contributed by atoms with Gasteiger partial charge in [0.05, 0.1) is 0 Å². The topological polar surface area (TPSA) is 0 Å².